The summed E-state index contributed by atoms with van der Waals surface area (Å²) in [4.78, 5) is 33.2. The van der Waals surface area contributed by atoms with Crippen LogP contribution < -0.4 is 5.32 Å². The maximum atomic E-state index is 11.9. The van der Waals surface area contributed by atoms with Crippen LogP contribution in [-0.2, 0) is 19.1 Å². The highest BCUT2D eigenvalue weighted by Crippen LogP contribution is 2.25. The fourth-order valence-corrected chi connectivity index (χ4v) is 1.79. The predicted molar refractivity (Wildman–Crippen MR) is 60.0 cm³/mol. The van der Waals surface area contributed by atoms with Crippen LogP contribution in [0.2, 0.25) is 0 Å². The molecule has 0 radical (unpaired) electrons. The van der Waals surface area contributed by atoms with Crippen LogP contribution in [0, 0.1) is 0 Å². The molecule has 0 aromatic rings. The standard InChI is InChI=1S/C11H17NO6/c1-11(5-2-6-18-11)10(17)12-7(9(15)16)3-4-8(13)14/h7H,2-6H2,1H3,(H,12,17)(H,13,14)(H,15,16). The Kier molecular flexibility index (Phi) is 4.66. The second-order valence-corrected chi connectivity index (χ2v) is 4.48. The summed E-state index contributed by atoms with van der Waals surface area (Å²) in [5.74, 6) is -2.84. The fraction of sp³-hybridized carbons (Fsp3) is 0.727. The van der Waals surface area contributed by atoms with Crippen molar-refractivity contribution in [1.82, 2.24) is 5.32 Å². The smallest absolute Gasteiger partial charge is 0.326 e. The van der Waals surface area contributed by atoms with Crippen molar-refractivity contribution >= 4 is 17.8 Å². The van der Waals surface area contributed by atoms with E-state index in [0.29, 0.717) is 13.0 Å². The number of aliphatic carboxylic acids is 2. The van der Waals surface area contributed by atoms with Crippen LogP contribution >= 0.6 is 0 Å². The molecule has 102 valence electrons. The van der Waals surface area contributed by atoms with Crippen molar-refractivity contribution in [2.24, 2.45) is 0 Å². The van der Waals surface area contributed by atoms with Crippen LogP contribution in [0.3, 0.4) is 0 Å². The van der Waals surface area contributed by atoms with Crippen molar-refractivity contribution in [3.63, 3.8) is 0 Å². The molecule has 0 saturated carbocycles. The van der Waals surface area contributed by atoms with Gasteiger partial charge in [-0.1, -0.05) is 0 Å². The molecule has 1 saturated heterocycles. The van der Waals surface area contributed by atoms with Crippen LogP contribution in [0.1, 0.15) is 32.6 Å². The number of carboxylic acid groups (broad SMARTS) is 2. The van der Waals surface area contributed by atoms with E-state index >= 15 is 0 Å². The highest BCUT2D eigenvalue weighted by molar-refractivity contribution is 5.89. The van der Waals surface area contributed by atoms with E-state index in [-0.39, 0.29) is 12.8 Å². The van der Waals surface area contributed by atoms with Crippen LogP contribution in [0.25, 0.3) is 0 Å². The van der Waals surface area contributed by atoms with Crippen LogP contribution in [-0.4, -0.2) is 46.3 Å². The topological polar surface area (TPSA) is 113 Å². The van der Waals surface area contributed by atoms with Gasteiger partial charge in [-0.25, -0.2) is 4.79 Å². The molecule has 0 aromatic carbocycles. The SMILES string of the molecule is CC1(C(=O)NC(CCC(=O)O)C(=O)O)CCCO1. The van der Waals surface area contributed by atoms with Gasteiger partial charge in [-0.2, -0.15) is 0 Å². The van der Waals surface area contributed by atoms with E-state index in [0.717, 1.165) is 6.42 Å². The zero-order valence-corrected chi connectivity index (χ0v) is 10.1. The van der Waals surface area contributed by atoms with Gasteiger partial charge in [-0.15, -0.1) is 0 Å². The van der Waals surface area contributed by atoms with E-state index < -0.39 is 29.5 Å². The van der Waals surface area contributed by atoms with Gasteiger partial charge in [0.2, 0.25) is 0 Å². The number of ether oxygens (including phenoxy) is 1. The molecule has 1 aliphatic rings. The Labute approximate surface area is 104 Å². The molecule has 1 fully saturated rings. The summed E-state index contributed by atoms with van der Waals surface area (Å²) in [6.07, 6.45) is 0.822. The Hall–Kier alpha value is -1.63. The second kappa shape index (κ2) is 5.81. The molecule has 1 amide bonds. The maximum absolute atomic E-state index is 11.9. The number of hydrogen-bond donors (Lipinski definition) is 3. The zero-order chi connectivity index (χ0) is 13.8. The van der Waals surface area contributed by atoms with Gasteiger partial charge in [0, 0.05) is 13.0 Å². The first-order valence-corrected chi connectivity index (χ1v) is 5.75. The van der Waals surface area contributed by atoms with Gasteiger partial charge in [0.1, 0.15) is 11.6 Å². The molecular weight excluding hydrogens is 242 g/mol. The predicted octanol–water partition coefficient (Wildman–Crippen LogP) is -0.0103. The highest BCUT2D eigenvalue weighted by atomic mass is 16.5. The summed E-state index contributed by atoms with van der Waals surface area (Å²) >= 11 is 0. The van der Waals surface area contributed by atoms with Crippen molar-refractivity contribution in [2.45, 2.75) is 44.2 Å². The van der Waals surface area contributed by atoms with Crippen molar-refractivity contribution in [3.8, 4) is 0 Å². The van der Waals surface area contributed by atoms with Crippen LogP contribution in [0.15, 0.2) is 0 Å². The number of carboxylic acids is 2. The Bertz CT molecular complexity index is 347. The summed E-state index contributed by atoms with van der Waals surface area (Å²) in [5.41, 5.74) is -1.00. The molecule has 0 aliphatic carbocycles. The molecule has 3 N–H and O–H groups in total. The summed E-state index contributed by atoms with van der Waals surface area (Å²) < 4.78 is 5.29. The molecule has 0 aromatic heterocycles. The van der Waals surface area contributed by atoms with Crippen molar-refractivity contribution in [1.29, 1.82) is 0 Å². The normalized spacial score (nSPS) is 24.5. The van der Waals surface area contributed by atoms with Crippen molar-refractivity contribution in [2.75, 3.05) is 6.61 Å². The summed E-state index contributed by atoms with van der Waals surface area (Å²) in [6.45, 7) is 2.07. The number of nitrogens with one attached hydrogen (secondary N) is 1. The molecule has 18 heavy (non-hydrogen) atoms. The molecule has 1 rings (SSSR count). The van der Waals surface area contributed by atoms with Gasteiger partial charge in [-0.05, 0) is 26.2 Å². The van der Waals surface area contributed by atoms with E-state index in [4.69, 9.17) is 14.9 Å². The molecule has 7 nitrogen and oxygen atoms in total. The molecule has 0 spiro atoms. The van der Waals surface area contributed by atoms with E-state index in [1.165, 1.54) is 0 Å². The summed E-state index contributed by atoms with van der Waals surface area (Å²) in [7, 11) is 0. The van der Waals surface area contributed by atoms with E-state index in [1.54, 1.807) is 6.92 Å². The van der Waals surface area contributed by atoms with Crippen molar-refractivity contribution < 1.29 is 29.3 Å². The highest BCUT2D eigenvalue weighted by Gasteiger charge is 2.39. The lowest BCUT2D eigenvalue weighted by molar-refractivity contribution is -0.148. The monoisotopic (exact) mass is 259 g/mol. The van der Waals surface area contributed by atoms with Gasteiger partial charge < -0.3 is 20.3 Å². The summed E-state index contributed by atoms with van der Waals surface area (Å²) in [5, 5.41) is 19.8. The Morgan fingerprint density at radius 1 is 1.39 bits per heavy atom. The molecule has 0 bridgehead atoms. The number of hydrogen-bond acceptors (Lipinski definition) is 4. The molecule has 2 unspecified atom stereocenters. The average molecular weight is 259 g/mol. The third-order valence-electron chi connectivity index (χ3n) is 2.95. The fourth-order valence-electron chi connectivity index (χ4n) is 1.79. The maximum Gasteiger partial charge on any atom is 0.326 e. The first kappa shape index (κ1) is 14.4. The lowest BCUT2D eigenvalue weighted by Crippen LogP contribution is -2.50. The van der Waals surface area contributed by atoms with Gasteiger partial charge in [0.25, 0.3) is 5.91 Å². The Morgan fingerprint density at radius 2 is 2.06 bits per heavy atom. The van der Waals surface area contributed by atoms with Crippen molar-refractivity contribution in [3.05, 3.63) is 0 Å². The van der Waals surface area contributed by atoms with Gasteiger partial charge in [0.15, 0.2) is 0 Å². The third-order valence-corrected chi connectivity index (χ3v) is 2.95. The Morgan fingerprint density at radius 3 is 2.50 bits per heavy atom. The van der Waals surface area contributed by atoms with E-state index in [1.807, 2.05) is 0 Å². The number of carbonyl (C=O) groups excluding carboxylic acids is 1. The van der Waals surface area contributed by atoms with Crippen LogP contribution in [0.4, 0.5) is 0 Å². The molecular formula is C11H17NO6. The van der Waals surface area contributed by atoms with Crippen LogP contribution in [0.5, 0.6) is 0 Å². The van der Waals surface area contributed by atoms with Gasteiger partial charge >= 0.3 is 11.9 Å². The zero-order valence-electron chi connectivity index (χ0n) is 10.1. The minimum atomic E-state index is -1.24. The molecule has 2 atom stereocenters. The molecule has 1 aliphatic heterocycles. The molecule has 1 heterocycles. The van der Waals surface area contributed by atoms with E-state index in [9.17, 15) is 14.4 Å². The number of amides is 1. The van der Waals surface area contributed by atoms with Gasteiger partial charge in [-0.3, -0.25) is 9.59 Å². The first-order chi connectivity index (χ1) is 8.35. The van der Waals surface area contributed by atoms with Gasteiger partial charge in [0.05, 0.1) is 0 Å². The summed E-state index contributed by atoms with van der Waals surface area (Å²) in [6, 6.07) is -1.20. The van der Waals surface area contributed by atoms with E-state index in [2.05, 4.69) is 5.32 Å². The lowest BCUT2D eigenvalue weighted by atomic mass is 10.0. The number of rotatable bonds is 6. The minimum absolute atomic E-state index is 0.146. The Balaban J connectivity index is 2.57. The average Bonchev–Trinajstić information content (AvgIpc) is 2.71. The second-order valence-electron chi connectivity index (χ2n) is 4.48. The first-order valence-electron chi connectivity index (χ1n) is 5.75. The third kappa shape index (κ3) is 3.69. The minimum Gasteiger partial charge on any atom is -0.481 e. The quantitative estimate of drug-likeness (QED) is 0.618. The number of carbonyl (C=O) groups is 3. The largest absolute Gasteiger partial charge is 0.481 e. The lowest BCUT2D eigenvalue weighted by Gasteiger charge is -2.24. The molecule has 7 heteroatoms.